The maximum absolute atomic E-state index is 4.43. The number of hydrogen-bond acceptors (Lipinski definition) is 2. The molecule has 6 heteroatoms. The Labute approximate surface area is 155 Å². The third kappa shape index (κ3) is 6.60. The highest BCUT2D eigenvalue weighted by Crippen LogP contribution is 2.05. The van der Waals surface area contributed by atoms with Crippen molar-refractivity contribution in [3.8, 4) is 0 Å². The normalized spacial score (nSPS) is 11.2. The van der Waals surface area contributed by atoms with Crippen LogP contribution in [0.25, 0.3) is 0 Å². The number of imidazole rings is 1. The number of aromatic nitrogens is 2. The van der Waals surface area contributed by atoms with Gasteiger partial charge >= 0.3 is 0 Å². The third-order valence-electron chi connectivity index (χ3n) is 3.31. The third-order valence-corrected chi connectivity index (χ3v) is 3.31. The highest BCUT2D eigenvalue weighted by Gasteiger charge is 2.05. The van der Waals surface area contributed by atoms with Crippen LogP contribution >= 0.6 is 24.0 Å². The van der Waals surface area contributed by atoms with Gasteiger partial charge in [0, 0.05) is 32.5 Å². The van der Waals surface area contributed by atoms with E-state index < -0.39 is 0 Å². The van der Waals surface area contributed by atoms with Gasteiger partial charge in [-0.25, -0.2) is 4.98 Å². The lowest BCUT2D eigenvalue weighted by molar-refractivity contribution is 0.610. The first kappa shape index (κ1) is 19.5. The van der Waals surface area contributed by atoms with Gasteiger partial charge in [-0.2, -0.15) is 0 Å². The molecule has 0 atom stereocenters. The van der Waals surface area contributed by atoms with Crippen LogP contribution in [0.1, 0.15) is 25.2 Å². The highest BCUT2D eigenvalue weighted by molar-refractivity contribution is 14.0. The minimum absolute atomic E-state index is 0. The Bertz CT molecular complexity index is 592. The molecule has 0 aliphatic rings. The number of nitrogens with one attached hydrogen (secondary N) is 2. The van der Waals surface area contributed by atoms with Crippen LogP contribution < -0.4 is 10.6 Å². The Morgan fingerprint density at radius 1 is 1.22 bits per heavy atom. The van der Waals surface area contributed by atoms with E-state index in [1.807, 2.05) is 18.5 Å². The fourth-order valence-corrected chi connectivity index (χ4v) is 2.12. The van der Waals surface area contributed by atoms with Crippen molar-refractivity contribution in [3.05, 3.63) is 54.1 Å². The Morgan fingerprint density at radius 3 is 2.61 bits per heavy atom. The summed E-state index contributed by atoms with van der Waals surface area (Å²) in [6.07, 6.45) is 3.85. The van der Waals surface area contributed by atoms with Crippen molar-refractivity contribution in [3.63, 3.8) is 0 Å². The number of nitrogens with zero attached hydrogens (tertiary/aromatic N) is 3. The standard InChI is InChI=1S/C17H25N5.HI/c1-14(2)11-20-17(18-3)21-12-16-19-9-10-22(16)13-15-7-5-4-6-8-15;/h4-10,14H,11-13H2,1-3H3,(H2,18,20,21);1H. The predicted octanol–water partition coefficient (Wildman–Crippen LogP) is 2.87. The zero-order valence-corrected chi connectivity index (χ0v) is 16.3. The Kier molecular flexibility index (Phi) is 8.68. The first-order chi connectivity index (χ1) is 10.7. The van der Waals surface area contributed by atoms with E-state index in [0.717, 1.165) is 24.9 Å². The minimum Gasteiger partial charge on any atom is -0.356 e. The van der Waals surface area contributed by atoms with E-state index in [-0.39, 0.29) is 24.0 Å². The second-order valence-electron chi connectivity index (χ2n) is 5.66. The zero-order chi connectivity index (χ0) is 15.8. The lowest BCUT2D eigenvalue weighted by Gasteiger charge is -2.14. The Morgan fingerprint density at radius 2 is 1.96 bits per heavy atom. The Balaban J connectivity index is 0.00000264. The number of benzene rings is 1. The summed E-state index contributed by atoms with van der Waals surface area (Å²) in [5.41, 5.74) is 1.27. The molecule has 0 aliphatic carbocycles. The molecular formula is C17H26IN5. The van der Waals surface area contributed by atoms with Gasteiger partial charge < -0.3 is 15.2 Å². The van der Waals surface area contributed by atoms with Crippen LogP contribution in [-0.2, 0) is 13.1 Å². The first-order valence-corrected chi connectivity index (χ1v) is 7.67. The molecule has 1 aromatic heterocycles. The van der Waals surface area contributed by atoms with Crippen molar-refractivity contribution in [2.75, 3.05) is 13.6 Å². The number of halogens is 1. The smallest absolute Gasteiger partial charge is 0.191 e. The molecule has 0 aliphatic heterocycles. The van der Waals surface area contributed by atoms with Gasteiger partial charge in [-0.05, 0) is 11.5 Å². The highest BCUT2D eigenvalue weighted by atomic mass is 127. The topological polar surface area (TPSA) is 54.2 Å². The first-order valence-electron chi connectivity index (χ1n) is 7.67. The van der Waals surface area contributed by atoms with Crippen molar-refractivity contribution in [2.24, 2.45) is 10.9 Å². The summed E-state index contributed by atoms with van der Waals surface area (Å²) in [6, 6.07) is 10.4. The zero-order valence-electron chi connectivity index (χ0n) is 14.0. The van der Waals surface area contributed by atoms with Crippen molar-refractivity contribution in [1.82, 2.24) is 20.2 Å². The van der Waals surface area contributed by atoms with Gasteiger partial charge in [0.15, 0.2) is 5.96 Å². The number of aliphatic imine (C=N–C) groups is 1. The van der Waals surface area contributed by atoms with E-state index >= 15 is 0 Å². The molecule has 2 rings (SSSR count). The van der Waals surface area contributed by atoms with Gasteiger partial charge in [-0.15, -0.1) is 24.0 Å². The molecule has 1 heterocycles. The van der Waals surface area contributed by atoms with E-state index in [0.29, 0.717) is 12.5 Å². The van der Waals surface area contributed by atoms with Gasteiger partial charge in [0.1, 0.15) is 5.82 Å². The maximum Gasteiger partial charge on any atom is 0.191 e. The summed E-state index contributed by atoms with van der Waals surface area (Å²) >= 11 is 0. The van der Waals surface area contributed by atoms with E-state index in [1.165, 1.54) is 5.56 Å². The van der Waals surface area contributed by atoms with E-state index in [2.05, 4.69) is 63.3 Å². The molecule has 0 amide bonds. The van der Waals surface area contributed by atoms with Crippen LogP contribution in [0.15, 0.2) is 47.7 Å². The molecule has 1 aromatic carbocycles. The number of rotatable bonds is 6. The largest absolute Gasteiger partial charge is 0.356 e. The maximum atomic E-state index is 4.43. The van der Waals surface area contributed by atoms with Crippen molar-refractivity contribution in [2.45, 2.75) is 26.9 Å². The molecule has 0 radical (unpaired) electrons. The number of hydrogen-bond donors (Lipinski definition) is 2. The van der Waals surface area contributed by atoms with Crippen LogP contribution in [0.5, 0.6) is 0 Å². The summed E-state index contributed by atoms with van der Waals surface area (Å²) in [5.74, 6) is 2.39. The van der Waals surface area contributed by atoms with Crippen molar-refractivity contribution in [1.29, 1.82) is 0 Å². The molecule has 0 saturated carbocycles. The van der Waals surface area contributed by atoms with Gasteiger partial charge in [0.25, 0.3) is 0 Å². The van der Waals surface area contributed by atoms with E-state index in [1.54, 1.807) is 7.05 Å². The average molecular weight is 427 g/mol. The summed E-state index contributed by atoms with van der Waals surface area (Å²) in [7, 11) is 1.78. The summed E-state index contributed by atoms with van der Waals surface area (Å²) < 4.78 is 2.15. The molecule has 23 heavy (non-hydrogen) atoms. The fourth-order valence-electron chi connectivity index (χ4n) is 2.12. The second kappa shape index (κ2) is 10.3. The molecule has 2 N–H and O–H groups in total. The summed E-state index contributed by atoms with van der Waals surface area (Å²) in [6.45, 7) is 6.73. The minimum atomic E-state index is 0. The summed E-state index contributed by atoms with van der Waals surface area (Å²) in [5, 5.41) is 6.61. The average Bonchev–Trinajstić information content (AvgIpc) is 2.95. The lowest BCUT2D eigenvalue weighted by Crippen LogP contribution is -2.39. The number of guanidine groups is 1. The van der Waals surface area contributed by atoms with Crippen LogP contribution in [0.2, 0.25) is 0 Å². The van der Waals surface area contributed by atoms with Crippen LogP contribution in [-0.4, -0.2) is 29.1 Å². The quantitative estimate of drug-likeness (QED) is 0.424. The fraction of sp³-hybridized carbons (Fsp3) is 0.412. The SMILES string of the molecule is CN=C(NCc1nccn1Cc1ccccc1)NCC(C)C.I. The molecule has 126 valence electrons. The molecule has 5 nitrogen and oxygen atoms in total. The molecule has 0 saturated heterocycles. The van der Waals surface area contributed by atoms with Gasteiger partial charge in [0.05, 0.1) is 6.54 Å². The van der Waals surface area contributed by atoms with Gasteiger partial charge in [-0.3, -0.25) is 4.99 Å². The van der Waals surface area contributed by atoms with Gasteiger partial charge in [0.2, 0.25) is 0 Å². The predicted molar refractivity (Wildman–Crippen MR) is 106 cm³/mol. The molecular weight excluding hydrogens is 401 g/mol. The van der Waals surface area contributed by atoms with E-state index in [4.69, 9.17) is 0 Å². The summed E-state index contributed by atoms with van der Waals surface area (Å²) in [4.78, 5) is 8.66. The lowest BCUT2D eigenvalue weighted by atomic mass is 10.2. The molecule has 0 unspecified atom stereocenters. The monoisotopic (exact) mass is 427 g/mol. The second-order valence-corrected chi connectivity index (χ2v) is 5.66. The molecule has 0 bridgehead atoms. The van der Waals surface area contributed by atoms with Crippen LogP contribution in [0, 0.1) is 5.92 Å². The van der Waals surface area contributed by atoms with E-state index in [9.17, 15) is 0 Å². The Hall–Kier alpha value is -1.57. The van der Waals surface area contributed by atoms with Gasteiger partial charge in [-0.1, -0.05) is 44.2 Å². The van der Waals surface area contributed by atoms with Crippen molar-refractivity contribution >= 4 is 29.9 Å². The van der Waals surface area contributed by atoms with Crippen LogP contribution in [0.3, 0.4) is 0 Å². The molecule has 2 aromatic rings. The van der Waals surface area contributed by atoms with Crippen LogP contribution in [0.4, 0.5) is 0 Å². The molecule has 0 spiro atoms. The van der Waals surface area contributed by atoms with Crippen molar-refractivity contribution < 1.29 is 0 Å². The molecule has 0 fully saturated rings.